The molecule has 1 aromatic rings. The van der Waals surface area contributed by atoms with Crippen LogP contribution in [-0.2, 0) is 0 Å². The summed E-state index contributed by atoms with van der Waals surface area (Å²) in [6.45, 7) is 1.90. The summed E-state index contributed by atoms with van der Waals surface area (Å²) in [5, 5.41) is 20.6. The molecular weight excluding hydrogens is 256 g/mol. The maximum absolute atomic E-state index is 8.47. The molecule has 5 heteroatoms. The first-order valence-corrected chi connectivity index (χ1v) is 4.86. The molecule has 0 saturated heterocycles. The Hall–Kier alpha value is -1.85. The molecule has 0 aromatic heterocycles. The van der Waals surface area contributed by atoms with Crippen LogP contribution in [-0.4, -0.2) is 5.71 Å². The summed E-state index contributed by atoms with van der Waals surface area (Å²) in [5.74, 6) is 0. The lowest BCUT2D eigenvalue weighted by Crippen LogP contribution is -1.97. The second-order valence-corrected chi connectivity index (χ2v) is 3.67. The molecule has 0 atom stereocenters. The highest BCUT2D eigenvalue weighted by Gasteiger charge is 1.98. The molecule has 0 saturated carbocycles. The lowest BCUT2D eigenvalue weighted by molar-refractivity contribution is 1.30. The summed E-state index contributed by atoms with van der Waals surface area (Å²) in [6, 6.07) is 8.92. The van der Waals surface area contributed by atoms with Gasteiger partial charge in [-0.25, -0.2) is 0 Å². The third kappa shape index (κ3) is 3.08. The molecule has 15 heavy (non-hydrogen) atoms. The van der Waals surface area contributed by atoms with Gasteiger partial charge in [-0.15, -0.1) is 0 Å². The van der Waals surface area contributed by atoms with Crippen LogP contribution in [0.15, 0.2) is 27.8 Å². The monoisotopic (exact) mass is 262 g/mol. The molecule has 1 aromatic carbocycles. The fraction of sp³-hybridized carbons (Fsp3) is 0.100. The molecule has 0 spiro atoms. The van der Waals surface area contributed by atoms with Crippen LogP contribution in [0, 0.1) is 29.6 Å². The molecule has 0 radical (unpaired) electrons. The molecule has 0 unspecified atom stereocenters. The van der Waals surface area contributed by atoms with Crippen molar-refractivity contribution in [2.24, 2.45) is 5.10 Å². The highest BCUT2D eigenvalue weighted by molar-refractivity contribution is 9.10. The van der Waals surface area contributed by atoms with E-state index in [4.69, 9.17) is 10.5 Å². The Bertz CT molecular complexity index is 463. The molecule has 4 nitrogen and oxygen atoms in total. The lowest BCUT2D eigenvalue weighted by Gasteiger charge is -2.04. The molecule has 74 valence electrons. The summed E-state index contributed by atoms with van der Waals surface area (Å²) in [7, 11) is 0. The van der Waals surface area contributed by atoms with Crippen molar-refractivity contribution in [3.8, 4) is 12.1 Å². The van der Waals surface area contributed by atoms with Crippen LogP contribution in [0.3, 0.4) is 0 Å². The SMILES string of the molecule is Cc1cc(Br)ccc1NN=C(C#N)C#N. The predicted octanol–water partition coefficient (Wildman–Crippen LogP) is 2.57. The summed E-state index contributed by atoms with van der Waals surface area (Å²) in [4.78, 5) is 0. The van der Waals surface area contributed by atoms with Crippen molar-refractivity contribution in [3.05, 3.63) is 28.2 Å². The first-order valence-electron chi connectivity index (χ1n) is 4.07. The van der Waals surface area contributed by atoms with Gasteiger partial charge in [0.2, 0.25) is 5.71 Å². The number of halogens is 1. The largest absolute Gasteiger partial charge is 0.276 e. The van der Waals surface area contributed by atoms with Crippen LogP contribution in [0.2, 0.25) is 0 Å². The van der Waals surface area contributed by atoms with Gasteiger partial charge in [-0.2, -0.15) is 15.6 Å². The molecule has 0 aliphatic carbocycles. The number of nitriles is 2. The number of hydrogen-bond donors (Lipinski definition) is 1. The van der Waals surface area contributed by atoms with Crippen LogP contribution < -0.4 is 5.43 Å². The Labute approximate surface area is 96.0 Å². The maximum atomic E-state index is 8.47. The second-order valence-electron chi connectivity index (χ2n) is 2.76. The number of rotatable bonds is 2. The van der Waals surface area contributed by atoms with E-state index in [-0.39, 0.29) is 5.71 Å². The fourth-order valence-corrected chi connectivity index (χ4v) is 1.42. The van der Waals surface area contributed by atoms with E-state index in [2.05, 4.69) is 26.5 Å². The van der Waals surface area contributed by atoms with Gasteiger partial charge in [0.05, 0.1) is 5.69 Å². The van der Waals surface area contributed by atoms with E-state index < -0.39 is 0 Å². The number of nitrogens with one attached hydrogen (secondary N) is 1. The Morgan fingerprint density at radius 3 is 2.60 bits per heavy atom. The van der Waals surface area contributed by atoms with Crippen molar-refractivity contribution < 1.29 is 0 Å². The first kappa shape index (κ1) is 11.2. The van der Waals surface area contributed by atoms with Crippen molar-refractivity contribution >= 4 is 27.3 Å². The number of nitrogens with zero attached hydrogens (tertiary/aromatic N) is 3. The van der Waals surface area contributed by atoms with Crippen LogP contribution in [0.1, 0.15) is 5.56 Å². The average Bonchev–Trinajstić information content (AvgIpc) is 2.22. The molecule has 0 fully saturated rings. The topological polar surface area (TPSA) is 72.0 Å². The van der Waals surface area contributed by atoms with Crippen LogP contribution in [0.5, 0.6) is 0 Å². The quantitative estimate of drug-likeness (QED) is 0.658. The van der Waals surface area contributed by atoms with Gasteiger partial charge in [0, 0.05) is 4.47 Å². The highest BCUT2D eigenvalue weighted by atomic mass is 79.9. The Morgan fingerprint density at radius 1 is 1.40 bits per heavy atom. The summed E-state index contributed by atoms with van der Waals surface area (Å²) in [6.07, 6.45) is 0. The van der Waals surface area contributed by atoms with Gasteiger partial charge >= 0.3 is 0 Å². The van der Waals surface area contributed by atoms with Gasteiger partial charge in [-0.05, 0) is 30.7 Å². The number of benzene rings is 1. The number of anilines is 1. The van der Waals surface area contributed by atoms with Crippen molar-refractivity contribution in [1.29, 1.82) is 10.5 Å². The third-order valence-electron chi connectivity index (χ3n) is 1.69. The third-order valence-corrected chi connectivity index (χ3v) is 2.18. The van der Waals surface area contributed by atoms with Crippen LogP contribution in [0.25, 0.3) is 0 Å². The summed E-state index contributed by atoms with van der Waals surface area (Å²) < 4.78 is 0.968. The minimum absolute atomic E-state index is 0.197. The van der Waals surface area contributed by atoms with E-state index in [0.717, 1.165) is 15.7 Å². The average molecular weight is 263 g/mol. The van der Waals surface area contributed by atoms with Crippen molar-refractivity contribution in [2.45, 2.75) is 6.92 Å². The van der Waals surface area contributed by atoms with Gasteiger partial charge in [0.15, 0.2) is 0 Å². The Kier molecular flexibility index (Phi) is 3.84. The standard InChI is InChI=1S/C10H7BrN4/c1-7-4-8(11)2-3-10(7)15-14-9(5-12)6-13/h2-4,15H,1H3. The molecule has 0 aliphatic rings. The van der Waals surface area contributed by atoms with Crippen LogP contribution in [0.4, 0.5) is 5.69 Å². The minimum atomic E-state index is -0.197. The molecular formula is C10H7BrN4. The smallest absolute Gasteiger partial charge is 0.237 e. The first-order chi connectivity index (χ1) is 7.17. The van der Waals surface area contributed by atoms with Gasteiger partial charge in [-0.3, -0.25) is 5.43 Å². The Morgan fingerprint density at radius 2 is 2.07 bits per heavy atom. The van der Waals surface area contributed by atoms with Crippen molar-refractivity contribution in [1.82, 2.24) is 0 Å². The van der Waals surface area contributed by atoms with Crippen molar-refractivity contribution in [3.63, 3.8) is 0 Å². The van der Waals surface area contributed by atoms with Crippen molar-refractivity contribution in [2.75, 3.05) is 5.43 Å². The summed E-state index contributed by atoms with van der Waals surface area (Å²) in [5.41, 5.74) is 4.21. The Balaban J connectivity index is 2.89. The molecule has 1 N–H and O–H groups in total. The molecule has 1 rings (SSSR count). The molecule has 0 heterocycles. The lowest BCUT2D eigenvalue weighted by atomic mass is 10.2. The van der Waals surface area contributed by atoms with Crippen LogP contribution >= 0.6 is 15.9 Å². The molecule has 0 amide bonds. The van der Waals surface area contributed by atoms with E-state index in [1.807, 2.05) is 25.1 Å². The number of aryl methyl sites for hydroxylation is 1. The number of hydrogen-bond acceptors (Lipinski definition) is 4. The minimum Gasteiger partial charge on any atom is -0.276 e. The van der Waals surface area contributed by atoms with Gasteiger partial charge < -0.3 is 0 Å². The highest BCUT2D eigenvalue weighted by Crippen LogP contribution is 2.19. The van der Waals surface area contributed by atoms with E-state index >= 15 is 0 Å². The number of hydrazone groups is 1. The predicted molar refractivity (Wildman–Crippen MR) is 61.2 cm³/mol. The zero-order chi connectivity index (χ0) is 11.3. The summed E-state index contributed by atoms with van der Waals surface area (Å²) >= 11 is 3.34. The zero-order valence-electron chi connectivity index (χ0n) is 7.95. The van der Waals surface area contributed by atoms with E-state index in [1.165, 1.54) is 0 Å². The van der Waals surface area contributed by atoms with Gasteiger partial charge in [0.1, 0.15) is 12.1 Å². The fourth-order valence-electron chi connectivity index (χ4n) is 0.944. The van der Waals surface area contributed by atoms with E-state index in [0.29, 0.717) is 0 Å². The second kappa shape index (κ2) is 5.14. The van der Waals surface area contributed by atoms with Gasteiger partial charge in [-0.1, -0.05) is 15.9 Å². The molecule has 0 bridgehead atoms. The normalized spacial score (nSPS) is 8.53. The van der Waals surface area contributed by atoms with Gasteiger partial charge in [0.25, 0.3) is 0 Å². The van der Waals surface area contributed by atoms with E-state index in [9.17, 15) is 0 Å². The molecule has 0 aliphatic heterocycles. The zero-order valence-corrected chi connectivity index (χ0v) is 9.54. The van der Waals surface area contributed by atoms with E-state index in [1.54, 1.807) is 12.1 Å². The maximum Gasteiger partial charge on any atom is 0.237 e.